The molecular weight excluding hydrogens is 342 g/mol. The van der Waals surface area contributed by atoms with Crippen LogP contribution >= 0.6 is 0 Å². The minimum absolute atomic E-state index is 0.245. The molecule has 0 amide bonds. The first kappa shape index (κ1) is 20.3. The van der Waals surface area contributed by atoms with E-state index in [1.807, 2.05) is 24.3 Å². The van der Waals surface area contributed by atoms with Gasteiger partial charge in [0.1, 0.15) is 0 Å². The largest absolute Gasteiger partial charge is 0.465 e. The van der Waals surface area contributed by atoms with Crippen molar-refractivity contribution in [3.63, 3.8) is 0 Å². The van der Waals surface area contributed by atoms with Gasteiger partial charge in [-0.3, -0.25) is 9.80 Å². The van der Waals surface area contributed by atoms with Crippen LogP contribution in [0.4, 0.5) is 0 Å². The number of benzene rings is 1. The Morgan fingerprint density at radius 2 is 1.85 bits per heavy atom. The van der Waals surface area contributed by atoms with Crippen LogP contribution in [0, 0.1) is 0 Å². The van der Waals surface area contributed by atoms with Gasteiger partial charge in [-0.05, 0) is 57.1 Å². The number of aliphatic hydroxyl groups is 1. The lowest BCUT2D eigenvalue weighted by Gasteiger charge is -2.47. The number of carbonyl (C=O) groups excluding carboxylic acids is 1. The van der Waals surface area contributed by atoms with Gasteiger partial charge in [0.15, 0.2) is 0 Å². The summed E-state index contributed by atoms with van der Waals surface area (Å²) in [5.74, 6) is -0.295. The van der Waals surface area contributed by atoms with E-state index in [1.54, 1.807) is 0 Å². The van der Waals surface area contributed by atoms with Gasteiger partial charge in [0.25, 0.3) is 0 Å². The molecule has 0 spiro atoms. The van der Waals surface area contributed by atoms with E-state index in [0.29, 0.717) is 17.6 Å². The number of piperazine rings is 1. The molecule has 2 aliphatic rings. The van der Waals surface area contributed by atoms with Crippen molar-refractivity contribution >= 4 is 5.97 Å². The van der Waals surface area contributed by atoms with Gasteiger partial charge < -0.3 is 14.7 Å². The van der Waals surface area contributed by atoms with Gasteiger partial charge in [-0.25, -0.2) is 4.79 Å². The SMILES string of the molecule is COC(=O)c1ccc(CN2CCN(C3CCN(C)CC3)C(CCO)C2)cc1. The fourth-order valence-corrected chi connectivity index (χ4v) is 4.41. The average molecular weight is 376 g/mol. The molecule has 0 radical (unpaired) electrons. The quantitative estimate of drug-likeness (QED) is 0.760. The molecule has 1 atom stereocenters. The first-order valence-corrected chi connectivity index (χ1v) is 10.1. The third-order valence-corrected chi connectivity index (χ3v) is 6.01. The number of carbonyl (C=O) groups is 1. The van der Waals surface area contributed by atoms with Crippen LogP contribution in [0.1, 0.15) is 35.2 Å². The minimum Gasteiger partial charge on any atom is -0.465 e. The second-order valence-electron chi connectivity index (χ2n) is 7.86. The van der Waals surface area contributed by atoms with Crippen molar-refractivity contribution in [2.45, 2.75) is 37.9 Å². The highest BCUT2D eigenvalue weighted by Gasteiger charge is 2.32. The Bertz CT molecular complexity index is 599. The maximum Gasteiger partial charge on any atom is 0.337 e. The maximum atomic E-state index is 11.6. The van der Waals surface area contributed by atoms with Crippen LogP contribution in [0.25, 0.3) is 0 Å². The fourth-order valence-electron chi connectivity index (χ4n) is 4.41. The lowest BCUT2D eigenvalue weighted by molar-refractivity contribution is 0.00600. The molecule has 27 heavy (non-hydrogen) atoms. The summed E-state index contributed by atoms with van der Waals surface area (Å²) in [4.78, 5) is 19.1. The Kier molecular flexibility index (Phi) is 7.24. The number of esters is 1. The van der Waals surface area contributed by atoms with Gasteiger partial charge in [0, 0.05) is 44.9 Å². The van der Waals surface area contributed by atoms with E-state index in [2.05, 4.69) is 21.7 Å². The zero-order valence-corrected chi connectivity index (χ0v) is 16.6. The number of hydrogen-bond donors (Lipinski definition) is 1. The van der Waals surface area contributed by atoms with E-state index >= 15 is 0 Å². The van der Waals surface area contributed by atoms with E-state index in [-0.39, 0.29) is 12.6 Å². The number of methoxy groups -OCH3 is 1. The van der Waals surface area contributed by atoms with Gasteiger partial charge >= 0.3 is 5.97 Å². The summed E-state index contributed by atoms with van der Waals surface area (Å²) in [5, 5.41) is 9.56. The molecule has 3 rings (SSSR count). The number of piperidine rings is 1. The monoisotopic (exact) mass is 375 g/mol. The molecule has 150 valence electrons. The van der Waals surface area contributed by atoms with Crippen molar-refractivity contribution in [2.75, 3.05) is 53.5 Å². The summed E-state index contributed by atoms with van der Waals surface area (Å²) < 4.78 is 4.76. The van der Waals surface area contributed by atoms with E-state index in [0.717, 1.165) is 32.6 Å². The molecule has 0 saturated carbocycles. The average Bonchev–Trinajstić information content (AvgIpc) is 2.69. The van der Waals surface area contributed by atoms with Crippen molar-refractivity contribution < 1.29 is 14.6 Å². The first-order valence-electron chi connectivity index (χ1n) is 10.1. The summed E-state index contributed by atoms with van der Waals surface area (Å²) >= 11 is 0. The van der Waals surface area contributed by atoms with Crippen LogP contribution in [0.15, 0.2) is 24.3 Å². The molecule has 1 N–H and O–H groups in total. The van der Waals surface area contributed by atoms with E-state index < -0.39 is 0 Å². The molecule has 6 nitrogen and oxygen atoms in total. The standard InChI is InChI=1S/C21H33N3O3/c1-22-10-7-19(8-11-22)24-13-12-23(16-20(24)9-14-25)15-17-3-5-18(6-4-17)21(26)27-2/h3-6,19-20,25H,7-16H2,1-2H3. The van der Waals surface area contributed by atoms with Crippen LogP contribution in [0.3, 0.4) is 0 Å². The number of hydrogen-bond acceptors (Lipinski definition) is 6. The molecule has 2 saturated heterocycles. The predicted molar refractivity (Wildman–Crippen MR) is 106 cm³/mol. The highest BCUT2D eigenvalue weighted by Crippen LogP contribution is 2.24. The summed E-state index contributed by atoms with van der Waals surface area (Å²) in [6.45, 7) is 6.57. The van der Waals surface area contributed by atoms with Gasteiger partial charge in [-0.15, -0.1) is 0 Å². The molecule has 2 fully saturated rings. The molecule has 2 heterocycles. The molecular formula is C21H33N3O3. The smallest absolute Gasteiger partial charge is 0.337 e. The molecule has 0 aliphatic carbocycles. The van der Waals surface area contributed by atoms with E-state index in [9.17, 15) is 9.90 Å². The molecule has 1 aromatic rings. The van der Waals surface area contributed by atoms with E-state index in [1.165, 1.54) is 38.6 Å². The van der Waals surface area contributed by atoms with Crippen molar-refractivity contribution in [1.29, 1.82) is 0 Å². The zero-order chi connectivity index (χ0) is 19.2. The van der Waals surface area contributed by atoms with Gasteiger partial charge in [0.2, 0.25) is 0 Å². The van der Waals surface area contributed by atoms with Crippen LogP contribution in [-0.2, 0) is 11.3 Å². The highest BCUT2D eigenvalue weighted by atomic mass is 16.5. The number of rotatable bonds is 6. The molecule has 2 aliphatic heterocycles. The summed E-state index contributed by atoms with van der Waals surface area (Å²) in [6.07, 6.45) is 3.30. The Balaban J connectivity index is 1.58. The second-order valence-corrected chi connectivity index (χ2v) is 7.86. The van der Waals surface area contributed by atoms with Crippen LogP contribution < -0.4 is 0 Å². The van der Waals surface area contributed by atoms with Crippen LogP contribution in [-0.4, -0.2) is 91.3 Å². The summed E-state index contributed by atoms with van der Waals surface area (Å²) in [6, 6.07) is 8.76. The van der Waals surface area contributed by atoms with Crippen molar-refractivity contribution in [1.82, 2.24) is 14.7 Å². The summed E-state index contributed by atoms with van der Waals surface area (Å²) in [7, 11) is 3.60. The number of nitrogens with zero attached hydrogens (tertiary/aromatic N) is 3. The van der Waals surface area contributed by atoms with Gasteiger partial charge in [-0.2, -0.15) is 0 Å². The van der Waals surface area contributed by atoms with Crippen molar-refractivity contribution in [2.24, 2.45) is 0 Å². The molecule has 1 unspecified atom stereocenters. The summed E-state index contributed by atoms with van der Waals surface area (Å²) in [5.41, 5.74) is 1.80. The van der Waals surface area contributed by atoms with Gasteiger partial charge in [-0.1, -0.05) is 12.1 Å². The minimum atomic E-state index is -0.295. The molecule has 6 heteroatoms. The van der Waals surface area contributed by atoms with E-state index in [4.69, 9.17) is 4.74 Å². The third kappa shape index (κ3) is 5.29. The second kappa shape index (κ2) is 9.64. The third-order valence-electron chi connectivity index (χ3n) is 6.01. The topological polar surface area (TPSA) is 56.2 Å². The number of ether oxygens (including phenoxy) is 1. The van der Waals surface area contributed by atoms with Crippen molar-refractivity contribution in [3.8, 4) is 0 Å². The Hall–Kier alpha value is -1.47. The Labute approximate surface area is 162 Å². The first-order chi connectivity index (χ1) is 13.1. The number of likely N-dealkylation sites (tertiary alicyclic amines) is 1. The van der Waals surface area contributed by atoms with Crippen molar-refractivity contribution in [3.05, 3.63) is 35.4 Å². The normalized spacial score (nSPS) is 23.4. The lowest BCUT2D eigenvalue weighted by Crippen LogP contribution is -2.58. The van der Waals surface area contributed by atoms with Crippen LogP contribution in [0.2, 0.25) is 0 Å². The van der Waals surface area contributed by atoms with Gasteiger partial charge in [0.05, 0.1) is 12.7 Å². The predicted octanol–water partition coefficient (Wildman–Crippen LogP) is 1.44. The molecule has 0 bridgehead atoms. The maximum absolute atomic E-state index is 11.6. The molecule has 0 aromatic heterocycles. The Morgan fingerprint density at radius 1 is 1.15 bits per heavy atom. The lowest BCUT2D eigenvalue weighted by atomic mass is 9.98. The molecule has 1 aromatic carbocycles. The highest BCUT2D eigenvalue weighted by molar-refractivity contribution is 5.89. The number of aliphatic hydroxyl groups excluding tert-OH is 1. The zero-order valence-electron chi connectivity index (χ0n) is 16.6. The fraction of sp³-hybridized carbons (Fsp3) is 0.667. The van der Waals surface area contributed by atoms with Crippen LogP contribution in [0.5, 0.6) is 0 Å². The Morgan fingerprint density at radius 3 is 2.48 bits per heavy atom.